The number of hydrogen-bond acceptors (Lipinski definition) is 32. The van der Waals surface area contributed by atoms with Gasteiger partial charge in [0.2, 0.25) is 58.8 Å². The maximum atomic E-state index is 14.1. The van der Waals surface area contributed by atoms with Crippen molar-refractivity contribution in [3.8, 4) is 17.2 Å². The number of alkyl carbamates (subject to hydrolysis) is 1. The smallest absolute Gasteiger partial charge is 0.407 e. The van der Waals surface area contributed by atoms with Crippen molar-refractivity contribution in [1.82, 2.24) is 59.9 Å². The molecule has 4 aromatic carbocycles. The number of likely N-dealkylation sites (N-methyl/N-ethyl adjacent to an activating group) is 1. The Balaban J connectivity index is 0.626. The fourth-order valence-corrected chi connectivity index (χ4v) is 14.5. The largest absolute Gasteiger partial charge is 0.494 e. The van der Waals surface area contributed by atoms with Crippen molar-refractivity contribution in [2.24, 2.45) is 17.4 Å². The van der Waals surface area contributed by atoms with Crippen molar-refractivity contribution >= 4 is 109 Å². The zero-order chi connectivity index (χ0) is 101. The van der Waals surface area contributed by atoms with E-state index < -0.39 is 116 Å². The number of hydrogen-bond donors (Lipinski definition) is 11. The minimum absolute atomic E-state index is 0.00232. The molecular weight excluding hydrogens is 1860 g/mol. The van der Waals surface area contributed by atoms with E-state index in [1.807, 2.05) is 18.4 Å². The molecule has 1 fully saturated rings. The summed E-state index contributed by atoms with van der Waals surface area (Å²) >= 11 is 0. The number of imidazole rings is 2. The number of methoxy groups -OCH3 is 1. The number of halogens is 4. The van der Waals surface area contributed by atoms with Crippen LogP contribution in [0.2, 0.25) is 0 Å². The number of esters is 1. The first kappa shape index (κ1) is 112. The molecule has 0 bridgehead atoms. The zero-order valence-electron chi connectivity index (χ0n) is 79.2. The number of primary amides is 2. The normalized spacial score (nSPS) is 13.0. The Morgan fingerprint density at radius 2 is 1.04 bits per heavy atom. The summed E-state index contributed by atoms with van der Waals surface area (Å²) in [4.78, 5) is 129. The third-order valence-electron chi connectivity index (χ3n) is 20.8. The van der Waals surface area contributed by atoms with Crippen LogP contribution in [0.5, 0.6) is 17.2 Å². The summed E-state index contributed by atoms with van der Waals surface area (Å²) in [5.74, 6) is -16.0. The molecule has 8 amide bonds. The summed E-state index contributed by atoms with van der Waals surface area (Å²) in [6.07, 6.45) is 1.67. The van der Waals surface area contributed by atoms with Gasteiger partial charge in [-0.1, -0.05) is 26.0 Å². The number of unbranched alkanes of at least 4 members (excludes halogenated alkanes) is 1. The molecule has 1 aliphatic rings. The summed E-state index contributed by atoms with van der Waals surface area (Å²) in [6.45, 7) is 23.0. The second-order valence-electron chi connectivity index (χ2n) is 31.7. The van der Waals surface area contributed by atoms with E-state index in [0.29, 0.717) is 175 Å². The molecule has 8 rings (SSSR count). The van der Waals surface area contributed by atoms with E-state index in [9.17, 15) is 69.1 Å². The number of nitrogens with two attached hydrogens (primary N) is 2. The first-order valence-electron chi connectivity index (χ1n) is 45.4. The molecule has 0 radical (unpaired) electrons. The molecule has 766 valence electrons. The number of piperazine rings is 1. The van der Waals surface area contributed by atoms with Gasteiger partial charge in [-0.15, -0.1) is 0 Å². The molecule has 0 spiro atoms. The van der Waals surface area contributed by atoms with Crippen molar-refractivity contribution in [1.29, 1.82) is 5.41 Å². The number of aryl methyl sites for hydroxylation is 4. The van der Waals surface area contributed by atoms with Gasteiger partial charge in [0.25, 0.3) is 11.8 Å². The second kappa shape index (κ2) is 58.8. The number of carbonyl (C=O) groups is 9. The van der Waals surface area contributed by atoms with E-state index in [4.69, 9.17) is 93.0 Å². The van der Waals surface area contributed by atoms with Crippen molar-refractivity contribution in [3.05, 3.63) is 118 Å². The van der Waals surface area contributed by atoms with Crippen molar-refractivity contribution < 1.29 is 140 Å². The van der Waals surface area contributed by atoms with Crippen LogP contribution in [0.1, 0.15) is 116 Å². The van der Waals surface area contributed by atoms with Crippen LogP contribution in [-0.4, -0.2) is 321 Å². The van der Waals surface area contributed by atoms with Crippen LogP contribution in [0.15, 0.2) is 71.3 Å². The highest BCUT2D eigenvalue weighted by Gasteiger charge is 2.35. The molecule has 139 heavy (non-hydrogen) atoms. The molecular formula is C90H126F4N18O26S. The number of nitrogens with zero attached hydrogens (tertiary/aromatic N) is 8. The predicted molar refractivity (Wildman–Crippen MR) is 496 cm³/mol. The van der Waals surface area contributed by atoms with Crippen LogP contribution in [0.4, 0.5) is 39.9 Å². The molecule has 7 aromatic rings. The predicted octanol–water partition coefficient (Wildman–Crippen LogP) is 5.57. The fourth-order valence-electron chi connectivity index (χ4n) is 13.9. The molecule has 1 aliphatic heterocycles. The van der Waals surface area contributed by atoms with Crippen LogP contribution < -0.4 is 62.9 Å². The van der Waals surface area contributed by atoms with Gasteiger partial charge in [-0.2, -0.15) is 22.3 Å². The Bertz CT molecular complexity index is 5360. The lowest BCUT2D eigenvalue weighted by atomic mass is 10.0. The van der Waals surface area contributed by atoms with Gasteiger partial charge < -0.3 is 124 Å². The Morgan fingerprint density at radius 3 is 1.51 bits per heavy atom. The number of fused-ring (bicyclic) bond motifs is 2. The average molecular weight is 1980 g/mol. The maximum Gasteiger partial charge on any atom is 0.407 e. The molecule has 0 aliphatic carbocycles. The molecule has 2 atom stereocenters. The topological polar surface area (TPSA) is 557 Å². The van der Waals surface area contributed by atoms with E-state index in [1.165, 1.54) is 32.2 Å². The third-order valence-corrected chi connectivity index (χ3v) is 21.7. The van der Waals surface area contributed by atoms with Crippen LogP contribution in [-0.2, 0) is 112 Å². The number of ether oxygens (including phenoxy) is 14. The summed E-state index contributed by atoms with van der Waals surface area (Å²) < 4.78 is 169. The molecule has 0 unspecified atom stereocenters. The van der Waals surface area contributed by atoms with Crippen LogP contribution >= 0.6 is 0 Å². The Hall–Kier alpha value is -12.0. The number of amides is 8. The minimum atomic E-state index is -5.67. The Morgan fingerprint density at radius 1 is 0.568 bits per heavy atom. The summed E-state index contributed by atoms with van der Waals surface area (Å²) in [6, 6.07) is 12.6. The highest BCUT2D eigenvalue weighted by molar-refractivity contribution is 7.85. The minimum Gasteiger partial charge on any atom is -0.494 e. The summed E-state index contributed by atoms with van der Waals surface area (Å²) in [5, 5.41) is 32.4. The molecule has 13 N–H and O–H groups in total. The van der Waals surface area contributed by atoms with Gasteiger partial charge in [-0.05, 0) is 114 Å². The van der Waals surface area contributed by atoms with E-state index in [-0.39, 0.29) is 138 Å². The average Bonchev–Trinajstić information content (AvgIpc) is 1.45. The maximum absolute atomic E-state index is 14.1. The van der Waals surface area contributed by atoms with Crippen molar-refractivity contribution in [2.45, 2.75) is 124 Å². The van der Waals surface area contributed by atoms with E-state index in [1.54, 1.807) is 79.4 Å². The number of allylic oxidation sites excluding steroid dienone is 1. The van der Waals surface area contributed by atoms with Crippen LogP contribution in [0.25, 0.3) is 22.1 Å². The van der Waals surface area contributed by atoms with Gasteiger partial charge >= 0.3 is 22.2 Å². The quantitative estimate of drug-likeness (QED) is 0.00324. The number of aromatic nitrogens is 6. The first-order chi connectivity index (χ1) is 66.7. The van der Waals surface area contributed by atoms with Gasteiger partial charge in [0.1, 0.15) is 52.6 Å². The number of rotatable bonds is 67. The highest BCUT2D eigenvalue weighted by Crippen LogP contribution is 2.36. The lowest BCUT2D eigenvalue weighted by Gasteiger charge is -2.34. The van der Waals surface area contributed by atoms with Gasteiger partial charge in [0, 0.05) is 101 Å². The highest BCUT2D eigenvalue weighted by atomic mass is 32.2. The number of anilines is 3. The van der Waals surface area contributed by atoms with Gasteiger partial charge in [0.05, 0.1) is 169 Å². The summed E-state index contributed by atoms with van der Waals surface area (Å²) in [7, 11) is -4.23. The third kappa shape index (κ3) is 37.0. The molecule has 49 heteroatoms. The van der Waals surface area contributed by atoms with Crippen LogP contribution in [0.3, 0.4) is 0 Å². The summed E-state index contributed by atoms with van der Waals surface area (Å²) in [5.41, 5.74) is 15.9. The van der Waals surface area contributed by atoms with Crippen LogP contribution in [0, 0.1) is 41.5 Å². The number of carbonyl (C=O) groups excluding carboxylic acids is 9. The molecule has 3 aromatic heterocycles. The second-order valence-corrected chi connectivity index (χ2v) is 33.1. The molecule has 4 heterocycles. The number of benzene rings is 4. The van der Waals surface area contributed by atoms with Gasteiger partial charge in [-0.3, -0.25) is 63.1 Å². The Labute approximate surface area is 801 Å². The molecule has 1 saturated heterocycles. The van der Waals surface area contributed by atoms with Crippen molar-refractivity contribution in [3.63, 3.8) is 0 Å². The van der Waals surface area contributed by atoms with E-state index >= 15 is 0 Å². The molecule has 44 nitrogen and oxygen atoms in total. The first-order valence-corrected chi connectivity index (χ1v) is 46.8. The lowest BCUT2D eigenvalue weighted by Crippen LogP contribution is -2.53. The van der Waals surface area contributed by atoms with Gasteiger partial charge in [0.15, 0.2) is 16.5 Å². The standard InChI is InChI=1S/C90H126F4N18O26S/c1-9-98-67(50-58(5)95)85(118)105-88-102-65-52-62(82(96)115)54-69(125-8)78(65)110(88)22-11-12-23-111-79-66(103-89(111)106-86(119)68-51-59(6)107-112(68)10-2)53-63(83(97)116)55-70(79)136-29-13-21-108-25-27-109(28-26-108)24-20-99-90(121)137-56-61-14-16-64(17-15-61)101-84(117)60(7)100-87(120)77(57(3)4)104-71(113)18-30-126-32-34-128-36-38-130-40-42-132-44-46-134-48-49-135-47-45-133-43-41-131-39-37-129-35-33-127-31-19-72(114)138-80-73(91)75(93)81(139(122,123)124)76(94)74(80)92/h14-17,50-55,57,60,77,95,98H,9-13,18-49,56H2,1-8H3,(H2,96,115)(H2,97,116)(H,99,121)(H,100,120)(H,101,117)(H,104,113)(H,102,105,118)(H,103,106,119)(H,122,123,124)/b67-50-,95-58?/t60-,77-/m0/s1. The Kier molecular flexibility index (Phi) is 47.5. The monoisotopic (exact) mass is 1980 g/mol. The number of nitrogens with one attached hydrogen (secondary N) is 8. The zero-order valence-corrected chi connectivity index (χ0v) is 80.0. The molecule has 0 saturated carbocycles. The van der Waals surface area contributed by atoms with E-state index in [0.717, 1.165) is 26.2 Å². The van der Waals surface area contributed by atoms with Crippen molar-refractivity contribution in [2.75, 3.05) is 214 Å². The fraction of sp³-hybridized carbons (Fsp3) is 0.544. The van der Waals surface area contributed by atoms with E-state index in [2.05, 4.69) is 56.9 Å². The van der Waals surface area contributed by atoms with Gasteiger partial charge in [-0.25, -0.2) is 23.5 Å². The lowest BCUT2D eigenvalue weighted by molar-refractivity contribution is -0.136. The SMILES string of the molecule is CCN/C(=C\C(C)=N)C(=O)Nc1nc2cc(C(N)=O)cc(OC)c2n1CCCCn1c(NC(=O)c2cc(C)nn2CC)nc2cc(C(N)=O)cc(OCCCN3CCN(CCNC(=O)OCc4ccc(NC(=O)[C@H](C)NC(=O)[C@@H](NC(=O)CCOCCOCCOCCOCCOCCOCCOCCOCCOCCOCCC(=O)Oc5c(F)c(F)c(S(=O)(=O)O)c(F)c5F)C(C)C)cc4)CC3)c21.